The number of halogens is 1. The predicted octanol–water partition coefficient (Wildman–Crippen LogP) is 2.51. The van der Waals surface area contributed by atoms with Gasteiger partial charge >= 0.3 is 0 Å². The monoisotopic (exact) mass is 374 g/mol. The molecular formula is C15H11ClN6O2S. The number of carbonyl (C=O) groups excluding carboxylic acids is 1. The zero-order chi connectivity index (χ0) is 17.8. The van der Waals surface area contributed by atoms with E-state index in [-0.39, 0.29) is 16.7 Å². The molecule has 10 heteroatoms. The second-order valence-electron chi connectivity index (χ2n) is 4.80. The lowest BCUT2D eigenvalue weighted by atomic mass is 10.2. The summed E-state index contributed by atoms with van der Waals surface area (Å²) in [6.45, 7) is 0. The SMILES string of the molecule is N#Cc1ccc(NC(=O)CSc2nnc(-c3ccco3)n2N)cc1Cl. The summed E-state index contributed by atoms with van der Waals surface area (Å²) in [5.41, 5.74) is 0.843. The van der Waals surface area contributed by atoms with E-state index in [0.29, 0.717) is 28.0 Å². The van der Waals surface area contributed by atoms with Crippen molar-refractivity contribution < 1.29 is 9.21 Å². The lowest BCUT2D eigenvalue weighted by Gasteiger charge is -2.06. The number of amides is 1. The van der Waals surface area contributed by atoms with Crippen LogP contribution in [0.3, 0.4) is 0 Å². The molecule has 0 saturated heterocycles. The van der Waals surface area contributed by atoms with Gasteiger partial charge in [-0.25, -0.2) is 4.68 Å². The number of hydrogen-bond donors (Lipinski definition) is 2. The lowest BCUT2D eigenvalue weighted by Crippen LogP contribution is -2.16. The molecule has 1 aromatic carbocycles. The number of nitriles is 1. The molecule has 3 aromatic rings. The van der Waals surface area contributed by atoms with Crippen molar-refractivity contribution in [2.24, 2.45) is 0 Å². The van der Waals surface area contributed by atoms with E-state index in [2.05, 4.69) is 15.5 Å². The van der Waals surface area contributed by atoms with Crippen molar-refractivity contribution >= 4 is 35.0 Å². The first-order chi connectivity index (χ1) is 12.1. The van der Waals surface area contributed by atoms with Crippen molar-refractivity contribution in [3.8, 4) is 17.7 Å². The van der Waals surface area contributed by atoms with E-state index >= 15 is 0 Å². The van der Waals surface area contributed by atoms with Gasteiger partial charge in [-0.15, -0.1) is 10.2 Å². The van der Waals surface area contributed by atoms with Crippen LogP contribution in [0.4, 0.5) is 5.69 Å². The number of nitrogens with zero attached hydrogens (tertiary/aromatic N) is 4. The van der Waals surface area contributed by atoms with Gasteiger partial charge in [0.05, 0.1) is 22.6 Å². The highest BCUT2D eigenvalue weighted by Crippen LogP contribution is 2.23. The van der Waals surface area contributed by atoms with Crippen LogP contribution in [0.15, 0.2) is 46.2 Å². The van der Waals surface area contributed by atoms with Gasteiger partial charge in [-0.1, -0.05) is 23.4 Å². The van der Waals surface area contributed by atoms with Gasteiger partial charge in [-0.2, -0.15) is 5.26 Å². The molecular weight excluding hydrogens is 364 g/mol. The van der Waals surface area contributed by atoms with Crippen LogP contribution in [0.1, 0.15) is 5.56 Å². The average Bonchev–Trinajstić information content (AvgIpc) is 3.23. The molecule has 0 saturated carbocycles. The van der Waals surface area contributed by atoms with Crippen LogP contribution < -0.4 is 11.2 Å². The molecule has 0 aliphatic carbocycles. The molecule has 0 aliphatic rings. The van der Waals surface area contributed by atoms with Gasteiger partial charge in [0.2, 0.25) is 16.9 Å². The number of anilines is 1. The van der Waals surface area contributed by atoms with Crippen LogP contribution in [0, 0.1) is 11.3 Å². The number of hydrogen-bond acceptors (Lipinski definition) is 7. The van der Waals surface area contributed by atoms with Crippen LogP contribution in [0.25, 0.3) is 11.6 Å². The van der Waals surface area contributed by atoms with Crippen LogP contribution in [0.2, 0.25) is 5.02 Å². The summed E-state index contributed by atoms with van der Waals surface area (Å²) in [5, 5.41) is 20.1. The fraction of sp³-hybridized carbons (Fsp3) is 0.0667. The Morgan fingerprint density at radius 3 is 2.96 bits per heavy atom. The summed E-state index contributed by atoms with van der Waals surface area (Å²) in [4.78, 5) is 12.0. The molecule has 0 bridgehead atoms. The van der Waals surface area contributed by atoms with Gasteiger partial charge in [0.1, 0.15) is 6.07 Å². The maximum Gasteiger partial charge on any atom is 0.234 e. The Hall–Kier alpha value is -2.96. The first-order valence-corrected chi connectivity index (χ1v) is 8.31. The smallest absolute Gasteiger partial charge is 0.234 e. The third-order valence-corrected chi connectivity index (χ3v) is 4.37. The maximum atomic E-state index is 12.0. The van der Waals surface area contributed by atoms with Crippen LogP contribution in [0.5, 0.6) is 0 Å². The number of benzene rings is 1. The quantitative estimate of drug-likeness (QED) is 0.519. The van der Waals surface area contributed by atoms with Gasteiger partial charge in [-0.05, 0) is 30.3 Å². The minimum atomic E-state index is -0.270. The number of rotatable bonds is 5. The largest absolute Gasteiger partial charge is 0.461 e. The number of furan rings is 1. The zero-order valence-corrected chi connectivity index (χ0v) is 14.2. The second kappa shape index (κ2) is 7.29. The normalized spacial score (nSPS) is 10.4. The Balaban J connectivity index is 1.61. The van der Waals surface area contributed by atoms with Crippen molar-refractivity contribution in [2.75, 3.05) is 16.9 Å². The Morgan fingerprint density at radius 1 is 1.44 bits per heavy atom. The summed E-state index contributed by atoms with van der Waals surface area (Å²) >= 11 is 7.06. The number of nitrogens with two attached hydrogens (primary N) is 1. The highest BCUT2D eigenvalue weighted by atomic mass is 35.5. The molecule has 3 N–H and O–H groups in total. The van der Waals surface area contributed by atoms with E-state index in [4.69, 9.17) is 27.1 Å². The Labute approximate surface area is 151 Å². The topological polar surface area (TPSA) is 123 Å². The van der Waals surface area contributed by atoms with E-state index in [9.17, 15) is 4.79 Å². The Bertz CT molecular complexity index is 948. The van der Waals surface area contributed by atoms with E-state index in [1.165, 1.54) is 23.1 Å². The summed E-state index contributed by atoms with van der Waals surface area (Å²) in [6.07, 6.45) is 1.51. The van der Waals surface area contributed by atoms with E-state index < -0.39 is 0 Å². The fourth-order valence-corrected chi connectivity index (χ4v) is 2.84. The molecule has 0 radical (unpaired) electrons. The minimum absolute atomic E-state index is 0.0745. The molecule has 0 aliphatic heterocycles. The number of nitrogen functional groups attached to an aromatic ring is 1. The maximum absolute atomic E-state index is 12.0. The van der Waals surface area contributed by atoms with E-state index in [1.807, 2.05) is 6.07 Å². The van der Waals surface area contributed by atoms with Crippen molar-refractivity contribution in [1.29, 1.82) is 5.26 Å². The van der Waals surface area contributed by atoms with Crippen molar-refractivity contribution in [3.63, 3.8) is 0 Å². The van der Waals surface area contributed by atoms with E-state index in [1.54, 1.807) is 18.2 Å². The third kappa shape index (κ3) is 3.76. The van der Waals surface area contributed by atoms with Crippen molar-refractivity contribution in [2.45, 2.75) is 5.16 Å². The number of thioether (sulfide) groups is 1. The van der Waals surface area contributed by atoms with Crippen LogP contribution >= 0.6 is 23.4 Å². The minimum Gasteiger partial charge on any atom is -0.461 e. The molecule has 3 rings (SSSR count). The number of nitrogens with one attached hydrogen (secondary N) is 1. The Kier molecular flexibility index (Phi) is 4.92. The van der Waals surface area contributed by atoms with Gasteiger partial charge in [0.25, 0.3) is 0 Å². The van der Waals surface area contributed by atoms with Crippen molar-refractivity contribution in [3.05, 3.63) is 47.2 Å². The molecule has 8 nitrogen and oxygen atoms in total. The first kappa shape index (κ1) is 16.9. The molecule has 2 aromatic heterocycles. The zero-order valence-electron chi connectivity index (χ0n) is 12.6. The number of aromatic nitrogens is 3. The van der Waals surface area contributed by atoms with Crippen LogP contribution in [-0.2, 0) is 4.79 Å². The fourth-order valence-electron chi connectivity index (χ4n) is 1.96. The molecule has 0 fully saturated rings. The molecule has 0 atom stereocenters. The van der Waals surface area contributed by atoms with Crippen LogP contribution in [-0.4, -0.2) is 26.5 Å². The molecule has 2 heterocycles. The predicted molar refractivity (Wildman–Crippen MR) is 93.4 cm³/mol. The second-order valence-corrected chi connectivity index (χ2v) is 6.15. The molecule has 25 heavy (non-hydrogen) atoms. The lowest BCUT2D eigenvalue weighted by molar-refractivity contribution is -0.113. The van der Waals surface area contributed by atoms with Gasteiger partial charge in [-0.3, -0.25) is 4.79 Å². The molecule has 0 unspecified atom stereocenters. The highest BCUT2D eigenvalue weighted by molar-refractivity contribution is 7.99. The summed E-state index contributed by atoms with van der Waals surface area (Å²) in [7, 11) is 0. The van der Waals surface area contributed by atoms with Crippen molar-refractivity contribution in [1.82, 2.24) is 14.9 Å². The van der Waals surface area contributed by atoms with Gasteiger partial charge in [0.15, 0.2) is 5.76 Å². The summed E-state index contributed by atoms with van der Waals surface area (Å²) in [5.74, 6) is 6.57. The van der Waals surface area contributed by atoms with Gasteiger partial charge < -0.3 is 15.6 Å². The number of carbonyl (C=O) groups is 1. The first-order valence-electron chi connectivity index (χ1n) is 6.95. The molecule has 1 amide bonds. The highest BCUT2D eigenvalue weighted by Gasteiger charge is 2.15. The average molecular weight is 375 g/mol. The standard InChI is InChI=1S/C15H11ClN6O2S/c16-11-6-10(4-3-9(11)7-17)19-13(23)8-25-15-21-20-14(22(15)18)12-2-1-5-24-12/h1-6H,8,18H2,(H,19,23). The Morgan fingerprint density at radius 2 is 2.28 bits per heavy atom. The van der Waals surface area contributed by atoms with E-state index in [0.717, 1.165) is 11.8 Å². The van der Waals surface area contributed by atoms with Gasteiger partial charge in [0, 0.05) is 5.69 Å². The third-order valence-electron chi connectivity index (χ3n) is 3.11. The summed E-state index contributed by atoms with van der Waals surface area (Å²) in [6, 6.07) is 10.0. The molecule has 126 valence electrons. The molecule has 0 spiro atoms. The summed E-state index contributed by atoms with van der Waals surface area (Å²) < 4.78 is 6.48.